The van der Waals surface area contributed by atoms with E-state index in [9.17, 15) is 44.3 Å². The minimum absolute atomic E-state index is 0.156. The topological polar surface area (TPSA) is 89.5 Å². The van der Waals surface area contributed by atoms with E-state index in [0.29, 0.717) is 12.7 Å². The first kappa shape index (κ1) is 61.4. The Kier molecular flexibility index (Phi) is 95.7. The van der Waals surface area contributed by atoms with Crippen LogP contribution in [0.5, 0.6) is 0 Å². The molecule has 8 nitrogen and oxygen atoms in total. The van der Waals surface area contributed by atoms with Gasteiger partial charge in [0.15, 0.2) is 13.5 Å². The lowest BCUT2D eigenvalue weighted by molar-refractivity contribution is -0.357. The van der Waals surface area contributed by atoms with Crippen molar-refractivity contribution >= 4 is 13.6 Å². The fourth-order valence-electron chi connectivity index (χ4n) is 1.72. The van der Waals surface area contributed by atoms with Crippen LogP contribution in [-0.2, 0) is 38.6 Å². The quantitative estimate of drug-likeness (QED) is 0.104. The van der Waals surface area contributed by atoms with Crippen LogP contribution in [0.2, 0.25) is 0 Å². The Labute approximate surface area is 255 Å². The highest BCUT2D eigenvalue weighted by atomic mass is 19.4. The largest absolute Gasteiger partial charge is 0.413 e. The summed E-state index contributed by atoms with van der Waals surface area (Å²) in [7, 11) is 0. The molecule has 276 valence electrons. The van der Waals surface area contributed by atoms with Crippen molar-refractivity contribution in [3.8, 4) is 0 Å². The summed E-state index contributed by atoms with van der Waals surface area (Å²) in [6, 6.07) is 0. The minimum atomic E-state index is -4.25. The zero-order valence-corrected chi connectivity index (χ0v) is 26.7. The monoisotopic (exact) mass is 684 g/mol. The predicted octanol–water partition coefficient (Wildman–Crippen LogP) is 9.20. The van der Waals surface area contributed by atoms with Crippen LogP contribution in [-0.4, -0.2) is 85.6 Å². The van der Waals surface area contributed by atoms with Crippen molar-refractivity contribution in [3.05, 3.63) is 0 Å². The molecule has 0 saturated heterocycles. The second-order valence-electron chi connectivity index (χ2n) is 7.12. The molecular formula is C26H54F10O8. The van der Waals surface area contributed by atoms with Crippen LogP contribution in [0.3, 0.4) is 0 Å². The van der Waals surface area contributed by atoms with Gasteiger partial charge in [0.05, 0.1) is 25.5 Å². The van der Waals surface area contributed by atoms with E-state index in [0.717, 1.165) is 38.9 Å². The smallest absolute Gasteiger partial charge is 0.376 e. The highest BCUT2D eigenvalue weighted by molar-refractivity contribution is 5.11. The second-order valence-corrected chi connectivity index (χ2v) is 7.12. The molecule has 0 fully saturated rings. The third kappa shape index (κ3) is 97.2. The molecule has 0 aliphatic rings. The molecule has 0 rings (SSSR count). The molecule has 0 N–H and O–H groups in total. The van der Waals surface area contributed by atoms with E-state index >= 15 is 0 Å². The molecule has 0 heterocycles. The van der Waals surface area contributed by atoms with E-state index in [-0.39, 0.29) is 12.8 Å². The van der Waals surface area contributed by atoms with Gasteiger partial charge in [-0.2, -0.15) is 18.7 Å². The maximum absolute atomic E-state index is 11.0. The zero-order valence-electron chi connectivity index (χ0n) is 26.7. The van der Waals surface area contributed by atoms with Gasteiger partial charge in [-0.15, -0.1) is 4.94 Å². The molecule has 0 saturated carbocycles. The molecule has 0 radical (unpaired) electrons. The Bertz CT molecular complexity index is 394. The lowest BCUT2D eigenvalue weighted by Gasteiger charge is -2.18. The standard InChI is InChI=1S/C12H26O2.C4H9FO.C4H9F.C2H2F4O.2CH2F2O.2CH2O/c1-5-8-9-11(4)14-10-12(6-2)13-7-3;1-2-3-6-4-5;1-2-3-4-5;3-1-2(4,5)7-6;2*2-1-4-3;2*1-2/h11-12H,5-10H2,1-4H3;2-4H2,1H3;2-4H2,1H3;1H2;2*1H2;2*1H2. The van der Waals surface area contributed by atoms with Gasteiger partial charge in [0, 0.05) is 13.2 Å². The molecule has 0 aromatic heterocycles. The number of ether oxygens (including phenoxy) is 3. The number of unbranched alkanes of at least 4 members (excludes halogenated alkanes) is 2. The van der Waals surface area contributed by atoms with Gasteiger partial charge in [-0.3, -0.25) is 4.39 Å². The maximum Gasteiger partial charge on any atom is 0.413 e. The van der Waals surface area contributed by atoms with Crippen LogP contribution in [0, 0.1) is 0 Å². The maximum atomic E-state index is 11.0. The van der Waals surface area contributed by atoms with Crippen LogP contribution >= 0.6 is 0 Å². The minimum Gasteiger partial charge on any atom is -0.376 e. The predicted molar refractivity (Wildman–Crippen MR) is 147 cm³/mol. The molecule has 0 aliphatic carbocycles. The first-order valence-electron chi connectivity index (χ1n) is 13.4. The van der Waals surface area contributed by atoms with Gasteiger partial charge in [-0.05, 0) is 53.1 Å². The number of hydrogen-bond donors (Lipinski definition) is 0. The van der Waals surface area contributed by atoms with Gasteiger partial charge in [0.2, 0.25) is 13.7 Å². The number of rotatable bonds is 18. The molecular weight excluding hydrogens is 630 g/mol. The molecule has 0 aliphatic heterocycles. The van der Waals surface area contributed by atoms with Gasteiger partial charge >= 0.3 is 6.11 Å². The van der Waals surface area contributed by atoms with Crippen LogP contribution < -0.4 is 0 Å². The van der Waals surface area contributed by atoms with Crippen LogP contribution in [0.15, 0.2) is 0 Å². The van der Waals surface area contributed by atoms with Crippen molar-refractivity contribution in [2.24, 2.45) is 0 Å². The van der Waals surface area contributed by atoms with E-state index in [1.54, 1.807) is 0 Å². The Balaban J connectivity index is -0.0000000616. The average Bonchev–Trinajstić information content (AvgIpc) is 3.07. The normalized spacial score (nSPS) is 10.5. The van der Waals surface area contributed by atoms with E-state index in [1.807, 2.05) is 39.3 Å². The Morgan fingerprint density at radius 3 is 1.34 bits per heavy atom. The molecule has 2 unspecified atom stereocenters. The van der Waals surface area contributed by atoms with Crippen molar-refractivity contribution in [3.63, 3.8) is 0 Å². The van der Waals surface area contributed by atoms with Gasteiger partial charge in [0.1, 0.15) is 13.6 Å². The van der Waals surface area contributed by atoms with Gasteiger partial charge in [0.25, 0.3) is 0 Å². The van der Waals surface area contributed by atoms with Gasteiger partial charge < -0.3 is 23.8 Å². The fraction of sp³-hybridized carbons (Fsp3) is 0.923. The van der Waals surface area contributed by atoms with Crippen LogP contribution in [0.1, 0.15) is 86.5 Å². The lowest BCUT2D eigenvalue weighted by atomic mass is 10.2. The van der Waals surface area contributed by atoms with Crippen LogP contribution in [0.25, 0.3) is 0 Å². The van der Waals surface area contributed by atoms with Crippen molar-refractivity contribution in [1.82, 2.24) is 0 Å². The second kappa shape index (κ2) is 68.5. The summed E-state index contributed by atoms with van der Waals surface area (Å²) in [5.74, 6) is 0. The lowest BCUT2D eigenvalue weighted by Crippen LogP contribution is -2.22. The third-order valence-electron chi connectivity index (χ3n) is 3.65. The Morgan fingerprint density at radius 1 is 0.705 bits per heavy atom. The highest BCUT2D eigenvalue weighted by Gasteiger charge is 2.31. The van der Waals surface area contributed by atoms with Crippen LogP contribution in [0.4, 0.5) is 44.3 Å². The Hall–Kier alpha value is -1.60. The summed E-state index contributed by atoms with van der Waals surface area (Å²) in [5.41, 5.74) is 0. The molecule has 0 spiro atoms. The number of hydrogen-bond acceptors (Lipinski definition) is 8. The summed E-state index contributed by atoms with van der Waals surface area (Å²) < 4.78 is 120. The SMILES string of the molecule is C=O.C=O.CCCCC(C)OCC(CC)OCC.CCCCF.CCCOCF.FCC(F)(F)OF.FCOF.FCOF. The third-order valence-corrected chi connectivity index (χ3v) is 3.65. The van der Waals surface area contributed by atoms with E-state index < -0.39 is 33.4 Å². The van der Waals surface area contributed by atoms with Gasteiger partial charge in [-0.1, -0.05) is 47.0 Å². The summed E-state index contributed by atoms with van der Waals surface area (Å²) in [5, 5.41) is 0. The molecule has 0 bridgehead atoms. The number of halogens is 10. The number of carbonyl (C=O) groups is 2. The zero-order chi connectivity index (χ0) is 36.5. The van der Waals surface area contributed by atoms with Crippen molar-refractivity contribution in [2.75, 3.05) is 53.8 Å². The molecule has 44 heavy (non-hydrogen) atoms. The van der Waals surface area contributed by atoms with Crippen molar-refractivity contribution in [2.45, 2.75) is 105 Å². The Morgan fingerprint density at radius 2 is 1.16 bits per heavy atom. The summed E-state index contributed by atoms with van der Waals surface area (Å²) in [4.78, 5) is 22.6. The summed E-state index contributed by atoms with van der Waals surface area (Å²) in [6.07, 6.45) is 3.70. The van der Waals surface area contributed by atoms with E-state index in [1.165, 1.54) is 19.3 Å². The summed E-state index contributed by atoms with van der Waals surface area (Å²) >= 11 is 0. The molecule has 18 heteroatoms. The fourth-order valence-corrected chi connectivity index (χ4v) is 1.72. The molecule has 0 amide bonds. The number of alkyl halides is 7. The molecule has 2 atom stereocenters. The average molecular weight is 685 g/mol. The molecule has 0 aromatic carbocycles. The molecule has 0 aromatic rings. The highest BCUT2D eigenvalue weighted by Crippen LogP contribution is 2.14. The first-order chi connectivity index (χ1) is 21.0. The van der Waals surface area contributed by atoms with Crippen molar-refractivity contribution < 1.29 is 82.9 Å². The number of carbonyl (C=O) groups excluding carboxylic acids is 2. The van der Waals surface area contributed by atoms with E-state index in [2.05, 4.69) is 35.4 Å². The van der Waals surface area contributed by atoms with E-state index in [4.69, 9.17) is 19.1 Å². The first-order valence-corrected chi connectivity index (χ1v) is 13.4. The van der Waals surface area contributed by atoms with Crippen molar-refractivity contribution in [1.29, 1.82) is 0 Å². The summed E-state index contributed by atoms with van der Waals surface area (Å²) in [6.45, 7) is 12.9. The van der Waals surface area contributed by atoms with Gasteiger partial charge in [-0.25, -0.2) is 17.6 Å².